The molecule has 1 heterocycles. The van der Waals surface area contributed by atoms with Gasteiger partial charge in [0.25, 0.3) is 0 Å². The molecule has 0 unspecified atom stereocenters. The minimum Gasteiger partial charge on any atom is -0.315 e. The molecule has 0 aromatic carbocycles. The highest BCUT2D eigenvalue weighted by Gasteiger charge is 2.13. The van der Waals surface area contributed by atoms with Gasteiger partial charge in [0, 0.05) is 19.0 Å². The largest absolute Gasteiger partial charge is 0.315 e. The van der Waals surface area contributed by atoms with E-state index in [0.29, 0.717) is 5.92 Å². The second-order valence-electron chi connectivity index (χ2n) is 2.05. The quantitative estimate of drug-likeness (QED) is 0.420. The monoisotopic (exact) mass is 128 g/mol. The van der Waals surface area contributed by atoms with Crippen LogP contribution >= 0.6 is 0 Å². The normalized spacial score (nSPS) is 20.0. The molecule has 0 radical (unpaired) electrons. The van der Waals surface area contributed by atoms with E-state index in [1.807, 2.05) is 0 Å². The van der Waals surface area contributed by atoms with Crippen LogP contribution in [0.2, 0.25) is 0 Å². The molecular formula is C5H8N2O2. The second-order valence-corrected chi connectivity index (χ2v) is 2.05. The maximum Gasteiger partial charge on any atom is 0.230 e. The van der Waals surface area contributed by atoms with E-state index in [-0.39, 0.29) is 0 Å². The molecule has 0 bridgehead atoms. The second kappa shape index (κ2) is 2.59. The standard InChI is InChI=1S/C5H8N2O2/c8-7(9)2-1-5-3-6-4-5/h1-2,5-6H,3-4H2/b2-1+. The maximum absolute atomic E-state index is 9.74. The van der Waals surface area contributed by atoms with Gasteiger partial charge in [-0.15, -0.1) is 0 Å². The fraction of sp³-hybridized carbons (Fsp3) is 0.600. The molecule has 1 saturated heterocycles. The van der Waals surface area contributed by atoms with Crippen molar-refractivity contribution in [2.45, 2.75) is 0 Å². The lowest BCUT2D eigenvalue weighted by molar-refractivity contribution is -0.402. The van der Waals surface area contributed by atoms with E-state index >= 15 is 0 Å². The predicted octanol–water partition coefficient (Wildman–Crippen LogP) is -0.00380. The molecule has 0 spiro atoms. The average molecular weight is 128 g/mol. The molecule has 1 aliphatic heterocycles. The van der Waals surface area contributed by atoms with E-state index in [9.17, 15) is 10.1 Å². The molecule has 0 aliphatic carbocycles. The third-order valence-corrected chi connectivity index (χ3v) is 1.29. The molecule has 0 aromatic rings. The average Bonchev–Trinajstić information content (AvgIpc) is 1.60. The summed E-state index contributed by atoms with van der Waals surface area (Å²) < 4.78 is 0. The van der Waals surface area contributed by atoms with Gasteiger partial charge in [0.1, 0.15) is 0 Å². The Hall–Kier alpha value is -0.900. The van der Waals surface area contributed by atoms with Crippen LogP contribution in [0.1, 0.15) is 0 Å². The Morgan fingerprint density at radius 3 is 2.67 bits per heavy atom. The van der Waals surface area contributed by atoms with E-state index < -0.39 is 4.92 Å². The molecule has 50 valence electrons. The zero-order valence-electron chi connectivity index (χ0n) is 4.91. The van der Waals surface area contributed by atoms with Gasteiger partial charge in [-0.2, -0.15) is 0 Å². The summed E-state index contributed by atoms with van der Waals surface area (Å²) in [6, 6.07) is 0. The van der Waals surface area contributed by atoms with Gasteiger partial charge in [0.05, 0.1) is 4.92 Å². The third-order valence-electron chi connectivity index (χ3n) is 1.29. The molecule has 1 aliphatic rings. The Morgan fingerprint density at radius 2 is 2.33 bits per heavy atom. The molecule has 4 nitrogen and oxygen atoms in total. The number of hydrogen-bond donors (Lipinski definition) is 1. The van der Waals surface area contributed by atoms with Crippen molar-refractivity contribution >= 4 is 0 Å². The summed E-state index contributed by atoms with van der Waals surface area (Å²) in [6.45, 7) is 1.76. The Morgan fingerprint density at radius 1 is 1.67 bits per heavy atom. The summed E-state index contributed by atoms with van der Waals surface area (Å²) in [7, 11) is 0. The summed E-state index contributed by atoms with van der Waals surface area (Å²) in [6.07, 6.45) is 2.63. The molecule has 1 rings (SSSR count). The lowest BCUT2D eigenvalue weighted by Gasteiger charge is -2.22. The number of nitrogens with one attached hydrogen (secondary N) is 1. The van der Waals surface area contributed by atoms with Crippen molar-refractivity contribution in [1.82, 2.24) is 5.32 Å². The highest BCUT2D eigenvalue weighted by Crippen LogP contribution is 2.03. The van der Waals surface area contributed by atoms with Gasteiger partial charge in [-0.05, 0) is 6.08 Å². The van der Waals surface area contributed by atoms with Crippen molar-refractivity contribution in [1.29, 1.82) is 0 Å². The van der Waals surface area contributed by atoms with Crippen LogP contribution in [-0.4, -0.2) is 18.0 Å². The summed E-state index contributed by atoms with van der Waals surface area (Å²) in [5.74, 6) is 0.385. The fourth-order valence-electron chi connectivity index (χ4n) is 0.639. The number of hydrogen-bond acceptors (Lipinski definition) is 3. The molecule has 0 saturated carbocycles. The summed E-state index contributed by atoms with van der Waals surface area (Å²) in [5.41, 5.74) is 0. The first-order valence-corrected chi connectivity index (χ1v) is 2.81. The topological polar surface area (TPSA) is 55.2 Å². The van der Waals surface area contributed by atoms with Gasteiger partial charge >= 0.3 is 0 Å². The van der Waals surface area contributed by atoms with Gasteiger partial charge in [0.15, 0.2) is 0 Å². The smallest absolute Gasteiger partial charge is 0.230 e. The van der Waals surface area contributed by atoms with Crippen molar-refractivity contribution in [3.05, 3.63) is 22.4 Å². The Labute approximate surface area is 52.7 Å². The van der Waals surface area contributed by atoms with Gasteiger partial charge in [-0.25, -0.2) is 0 Å². The van der Waals surface area contributed by atoms with Gasteiger partial charge in [-0.3, -0.25) is 10.1 Å². The van der Waals surface area contributed by atoms with Gasteiger partial charge < -0.3 is 5.32 Å². The van der Waals surface area contributed by atoms with Crippen LogP contribution in [0.15, 0.2) is 12.3 Å². The molecule has 1 N–H and O–H groups in total. The van der Waals surface area contributed by atoms with Crippen molar-refractivity contribution in [3.8, 4) is 0 Å². The van der Waals surface area contributed by atoms with Crippen LogP contribution in [0.25, 0.3) is 0 Å². The van der Waals surface area contributed by atoms with Crippen LogP contribution in [0.5, 0.6) is 0 Å². The minimum absolute atomic E-state index is 0.385. The predicted molar refractivity (Wildman–Crippen MR) is 32.5 cm³/mol. The first-order chi connectivity index (χ1) is 4.29. The van der Waals surface area contributed by atoms with E-state index in [1.165, 1.54) is 0 Å². The number of nitrogens with zero attached hydrogens (tertiary/aromatic N) is 1. The Balaban J connectivity index is 2.22. The fourth-order valence-corrected chi connectivity index (χ4v) is 0.639. The maximum atomic E-state index is 9.74. The van der Waals surface area contributed by atoms with E-state index in [0.717, 1.165) is 19.3 Å². The summed E-state index contributed by atoms with van der Waals surface area (Å²) in [5, 5.41) is 12.8. The van der Waals surface area contributed by atoms with E-state index in [2.05, 4.69) is 5.32 Å². The van der Waals surface area contributed by atoms with Gasteiger partial charge in [0.2, 0.25) is 6.20 Å². The first-order valence-electron chi connectivity index (χ1n) is 2.81. The number of nitro groups is 1. The highest BCUT2D eigenvalue weighted by molar-refractivity contribution is 4.91. The lowest BCUT2D eigenvalue weighted by atomic mass is 10.0. The lowest BCUT2D eigenvalue weighted by Crippen LogP contribution is -2.40. The van der Waals surface area contributed by atoms with Crippen molar-refractivity contribution in [2.24, 2.45) is 5.92 Å². The van der Waals surface area contributed by atoms with Crippen molar-refractivity contribution in [2.75, 3.05) is 13.1 Å². The third kappa shape index (κ3) is 1.81. The van der Waals surface area contributed by atoms with Crippen LogP contribution in [0.4, 0.5) is 0 Å². The van der Waals surface area contributed by atoms with Crippen LogP contribution < -0.4 is 5.32 Å². The van der Waals surface area contributed by atoms with Crippen LogP contribution in [0, 0.1) is 16.0 Å². The Bertz CT molecular complexity index is 140. The first kappa shape index (κ1) is 6.22. The molecule has 0 aromatic heterocycles. The SMILES string of the molecule is O=[N+]([O-])/C=C/C1CNC1. The zero-order valence-corrected chi connectivity index (χ0v) is 4.91. The van der Waals surface area contributed by atoms with Crippen LogP contribution in [-0.2, 0) is 0 Å². The van der Waals surface area contributed by atoms with E-state index in [4.69, 9.17) is 0 Å². The van der Waals surface area contributed by atoms with Crippen molar-refractivity contribution in [3.63, 3.8) is 0 Å². The zero-order chi connectivity index (χ0) is 6.69. The molecule has 0 atom stereocenters. The van der Waals surface area contributed by atoms with Crippen LogP contribution in [0.3, 0.4) is 0 Å². The molecule has 9 heavy (non-hydrogen) atoms. The minimum atomic E-state index is -0.432. The summed E-state index contributed by atoms with van der Waals surface area (Å²) in [4.78, 5) is 9.31. The van der Waals surface area contributed by atoms with Crippen molar-refractivity contribution < 1.29 is 4.92 Å². The summed E-state index contributed by atoms with van der Waals surface area (Å²) >= 11 is 0. The molecule has 4 heteroatoms. The number of rotatable bonds is 2. The molecule has 0 amide bonds. The highest BCUT2D eigenvalue weighted by atomic mass is 16.6. The Kier molecular flexibility index (Phi) is 1.79. The molecule has 1 fully saturated rings. The van der Waals surface area contributed by atoms with Gasteiger partial charge in [-0.1, -0.05) is 0 Å². The molecular weight excluding hydrogens is 120 g/mol. The van der Waals surface area contributed by atoms with E-state index in [1.54, 1.807) is 6.08 Å².